The third kappa shape index (κ3) is 2.92. The van der Waals surface area contributed by atoms with E-state index in [2.05, 4.69) is 9.97 Å². The van der Waals surface area contributed by atoms with Gasteiger partial charge in [-0.25, -0.2) is 9.78 Å². The van der Waals surface area contributed by atoms with Gasteiger partial charge in [0.15, 0.2) is 0 Å². The van der Waals surface area contributed by atoms with Crippen molar-refractivity contribution >= 4 is 18.6 Å². The molecule has 11 nitrogen and oxygen atoms in total. The van der Waals surface area contributed by atoms with Crippen LogP contribution in [-0.2, 0) is 4.79 Å². The van der Waals surface area contributed by atoms with Crippen molar-refractivity contribution in [3.8, 4) is 11.5 Å². The molecule has 2 aromatic rings. The Hall–Kier alpha value is -3.09. The third-order valence-electron chi connectivity index (χ3n) is 6.03. The van der Waals surface area contributed by atoms with E-state index >= 15 is 0 Å². The van der Waals surface area contributed by atoms with E-state index in [4.69, 9.17) is 15.1 Å². The summed E-state index contributed by atoms with van der Waals surface area (Å²) in [6.45, 7) is -2.61. The van der Waals surface area contributed by atoms with E-state index in [1.807, 2.05) is 0 Å². The summed E-state index contributed by atoms with van der Waals surface area (Å²) < 4.78 is 11.1. The van der Waals surface area contributed by atoms with Crippen molar-refractivity contribution in [2.75, 3.05) is 13.1 Å². The number of nitrogens with two attached hydrogens (primary N) is 1. The van der Waals surface area contributed by atoms with Crippen LogP contribution in [0.5, 0.6) is 11.5 Å². The summed E-state index contributed by atoms with van der Waals surface area (Å²) in [5.41, 5.74) is 6.83. The van der Waals surface area contributed by atoms with E-state index in [1.165, 1.54) is 17.4 Å². The first-order chi connectivity index (χ1) is 14.3. The number of carbonyl (C=O) groups is 2. The minimum absolute atomic E-state index is 0.0573. The van der Waals surface area contributed by atoms with Crippen molar-refractivity contribution in [3.63, 3.8) is 0 Å². The first-order valence-electron chi connectivity index (χ1n) is 9.64. The number of ether oxygens (including phenoxy) is 1. The number of fused-ring (bicyclic) bond motifs is 3. The minimum Gasteiger partial charge on any atom is -0.669 e. The van der Waals surface area contributed by atoms with Gasteiger partial charge in [0.05, 0.1) is 37.1 Å². The lowest BCUT2D eigenvalue weighted by Gasteiger charge is -2.41. The number of nitrogens with zero attached hydrogens (tertiary/aromatic N) is 2. The fourth-order valence-electron chi connectivity index (χ4n) is 4.25. The number of hydrogen-bond donors (Lipinski definition) is 5. The monoisotopic (exact) mass is 415 g/mol. The van der Waals surface area contributed by atoms with Crippen LogP contribution in [0.25, 0.3) is 0 Å². The maximum absolute atomic E-state index is 12.4. The molecular weight excluding hydrogens is 395 g/mol. The molecule has 1 aromatic carbocycles. The molecule has 1 saturated heterocycles. The Balaban J connectivity index is 1.31. The lowest BCUT2D eigenvalue weighted by molar-refractivity contribution is -0.141. The average Bonchev–Trinajstić information content (AvgIpc) is 3.30. The summed E-state index contributed by atoms with van der Waals surface area (Å²) in [6.07, 6.45) is 3.04. The lowest BCUT2D eigenvalue weighted by atomic mass is 9.68. The van der Waals surface area contributed by atoms with Crippen LogP contribution in [0.2, 0.25) is 5.82 Å². The number of aromatic amines is 1. The molecule has 30 heavy (non-hydrogen) atoms. The molecule has 0 spiro atoms. The highest BCUT2D eigenvalue weighted by Crippen LogP contribution is 2.63. The highest BCUT2D eigenvalue weighted by Gasteiger charge is 2.55. The quantitative estimate of drug-likeness (QED) is 0.407. The Morgan fingerprint density at radius 3 is 2.80 bits per heavy atom. The second-order valence-corrected chi connectivity index (χ2v) is 8.01. The number of H-pyrrole nitrogens is 1. The van der Waals surface area contributed by atoms with Gasteiger partial charge in [-0.15, -0.1) is 0 Å². The molecule has 2 aliphatic heterocycles. The zero-order valence-corrected chi connectivity index (χ0v) is 15.8. The third-order valence-corrected chi connectivity index (χ3v) is 6.03. The van der Waals surface area contributed by atoms with Crippen molar-refractivity contribution < 1.29 is 34.1 Å². The standard InChI is InChI=1S/C18H20BN4O7/c20-15(12-4-21-7-22-12)17(24)23-5-8(6-23)29-13-2-1-9-10-3-11(10)19(27,28)30-16(9)14(13)18(25)26/h1-2,4,7-8,10-11,15,27-28H,3,5-6,20H2,(H,21,22)(H,25,26)/q-1/t10-,11-,15+/m0/s1. The summed E-state index contributed by atoms with van der Waals surface area (Å²) in [5.74, 6) is -2.12. The molecule has 0 radical (unpaired) electrons. The Labute approximate surface area is 170 Å². The Kier molecular flexibility index (Phi) is 4.07. The molecule has 0 unspecified atom stereocenters. The first-order valence-corrected chi connectivity index (χ1v) is 9.64. The SMILES string of the molecule is N[C@@H](C(=O)N1CC(Oc2ccc3c(c2C(=O)O)O[B-](O)(O)[C@H]2C[C@@H]32)C1)c1cnc[nH]1. The van der Waals surface area contributed by atoms with Crippen molar-refractivity contribution in [1.29, 1.82) is 0 Å². The molecule has 1 amide bonds. The molecular formula is C18H20BN4O7-. The normalized spacial score (nSPS) is 24.7. The van der Waals surface area contributed by atoms with Crippen molar-refractivity contribution in [2.45, 2.75) is 30.3 Å². The van der Waals surface area contributed by atoms with Crippen LogP contribution in [0, 0.1) is 0 Å². The van der Waals surface area contributed by atoms with E-state index in [1.54, 1.807) is 12.1 Å². The number of aromatic carboxylic acids is 1. The first kappa shape index (κ1) is 18.9. The fourth-order valence-corrected chi connectivity index (χ4v) is 4.25. The number of carbonyl (C=O) groups excluding carboxylic acids is 1. The number of likely N-dealkylation sites (tertiary alicyclic amines) is 1. The second kappa shape index (κ2) is 6.46. The fraction of sp³-hybridized carbons (Fsp3) is 0.389. The van der Waals surface area contributed by atoms with Gasteiger partial charge in [0.1, 0.15) is 23.5 Å². The van der Waals surface area contributed by atoms with Crippen molar-refractivity contribution in [3.05, 3.63) is 41.5 Å². The van der Waals surface area contributed by atoms with Crippen LogP contribution in [0.3, 0.4) is 0 Å². The molecule has 3 heterocycles. The number of amides is 1. The van der Waals surface area contributed by atoms with Crippen molar-refractivity contribution in [1.82, 2.24) is 14.9 Å². The summed E-state index contributed by atoms with van der Waals surface area (Å²) in [5, 5.41) is 29.9. The molecule has 158 valence electrons. The molecule has 3 atom stereocenters. The van der Waals surface area contributed by atoms with E-state index < -0.39 is 30.7 Å². The number of hydrogen-bond acceptors (Lipinski definition) is 8. The van der Waals surface area contributed by atoms with Crippen LogP contribution in [-0.4, -0.2) is 67.8 Å². The number of carboxylic acids is 1. The maximum atomic E-state index is 12.4. The average molecular weight is 415 g/mol. The predicted octanol–water partition coefficient (Wildman–Crippen LogP) is -0.429. The maximum Gasteiger partial charge on any atom is 0.434 e. The highest BCUT2D eigenvalue weighted by molar-refractivity contribution is 6.62. The topological polar surface area (TPSA) is 171 Å². The molecule has 2 fully saturated rings. The number of benzene rings is 1. The van der Waals surface area contributed by atoms with Gasteiger partial charge in [-0.3, -0.25) is 4.79 Å². The largest absolute Gasteiger partial charge is 0.669 e. The second-order valence-electron chi connectivity index (χ2n) is 8.01. The van der Waals surface area contributed by atoms with Crippen LogP contribution in [0.4, 0.5) is 0 Å². The summed E-state index contributed by atoms with van der Waals surface area (Å²) in [7, 11) is 0. The number of aromatic nitrogens is 2. The van der Waals surface area contributed by atoms with Crippen LogP contribution in [0.1, 0.15) is 40.0 Å². The van der Waals surface area contributed by atoms with E-state index in [-0.39, 0.29) is 42.0 Å². The number of imidazole rings is 1. The summed E-state index contributed by atoms with van der Waals surface area (Å²) >= 11 is 0. The summed E-state index contributed by atoms with van der Waals surface area (Å²) in [6, 6.07) is 2.38. The van der Waals surface area contributed by atoms with Crippen LogP contribution >= 0.6 is 0 Å². The van der Waals surface area contributed by atoms with Gasteiger partial charge in [0, 0.05) is 0 Å². The van der Waals surface area contributed by atoms with Gasteiger partial charge in [-0.05, 0) is 17.5 Å². The van der Waals surface area contributed by atoms with Gasteiger partial charge >= 0.3 is 12.7 Å². The molecule has 12 heteroatoms. The Morgan fingerprint density at radius 1 is 1.37 bits per heavy atom. The zero-order chi connectivity index (χ0) is 21.2. The molecule has 6 N–H and O–H groups in total. The van der Waals surface area contributed by atoms with E-state index in [0.717, 1.165) is 0 Å². The zero-order valence-electron chi connectivity index (χ0n) is 15.8. The van der Waals surface area contributed by atoms with E-state index in [9.17, 15) is 24.7 Å². The number of carboxylic acid groups (broad SMARTS) is 1. The molecule has 3 aliphatic rings. The minimum atomic E-state index is -3.10. The van der Waals surface area contributed by atoms with E-state index in [0.29, 0.717) is 17.7 Å². The summed E-state index contributed by atoms with van der Waals surface area (Å²) in [4.78, 5) is 32.5. The smallest absolute Gasteiger partial charge is 0.434 e. The van der Waals surface area contributed by atoms with Crippen LogP contribution < -0.4 is 15.1 Å². The molecule has 0 bridgehead atoms. The highest BCUT2D eigenvalue weighted by atomic mass is 16.6. The van der Waals surface area contributed by atoms with Gasteiger partial charge < -0.3 is 40.2 Å². The number of nitrogens with one attached hydrogen (secondary N) is 1. The van der Waals surface area contributed by atoms with Gasteiger partial charge in [-0.2, -0.15) is 0 Å². The molecule has 5 rings (SSSR count). The molecule has 1 aromatic heterocycles. The van der Waals surface area contributed by atoms with Crippen LogP contribution in [0.15, 0.2) is 24.7 Å². The van der Waals surface area contributed by atoms with Crippen molar-refractivity contribution in [2.24, 2.45) is 5.73 Å². The Morgan fingerprint density at radius 2 is 2.13 bits per heavy atom. The Bertz CT molecular complexity index is 1020. The van der Waals surface area contributed by atoms with Gasteiger partial charge in [-0.1, -0.05) is 18.3 Å². The molecule has 1 saturated carbocycles. The van der Waals surface area contributed by atoms with Gasteiger partial charge in [0.25, 0.3) is 0 Å². The predicted molar refractivity (Wildman–Crippen MR) is 102 cm³/mol. The number of rotatable bonds is 5. The van der Waals surface area contributed by atoms with Gasteiger partial charge in [0.2, 0.25) is 5.91 Å². The lowest BCUT2D eigenvalue weighted by Crippen LogP contribution is -2.58. The molecule has 1 aliphatic carbocycles.